The molecule has 0 spiro atoms. The van der Waals surface area contributed by atoms with Crippen molar-refractivity contribution < 1.29 is 4.39 Å². The van der Waals surface area contributed by atoms with Crippen LogP contribution in [-0.2, 0) is 6.54 Å². The van der Waals surface area contributed by atoms with E-state index in [0.29, 0.717) is 0 Å². The second kappa shape index (κ2) is 6.12. The summed E-state index contributed by atoms with van der Waals surface area (Å²) >= 11 is 0. The lowest BCUT2D eigenvalue weighted by Crippen LogP contribution is -2.37. The highest BCUT2D eigenvalue weighted by molar-refractivity contribution is 5.15. The summed E-state index contributed by atoms with van der Waals surface area (Å²) in [6, 6.07) is 6.72. The van der Waals surface area contributed by atoms with E-state index in [9.17, 15) is 4.39 Å². The Bertz CT molecular complexity index is 337. The molecule has 1 fully saturated rings. The highest BCUT2D eigenvalue weighted by Gasteiger charge is 2.16. The van der Waals surface area contributed by atoms with Gasteiger partial charge in [0, 0.05) is 13.1 Å². The number of rotatable bonds is 4. The van der Waals surface area contributed by atoms with Crippen molar-refractivity contribution in [2.24, 2.45) is 5.92 Å². The quantitative estimate of drug-likeness (QED) is 0.862. The van der Waals surface area contributed by atoms with Gasteiger partial charge in [-0.3, -0.25) is 0 Å². The molecule has 1 saturated heterocycles. The van der Waals surface area contributed by atoms with Gasteiger partial charge >= 0.3 is 0 Å². The Balaban J connectivity index is 1.70. The van der Waals surface area contributed by atoms with Gasteiger partial charge in [0.15, 0.2) is 0 Å². The Morgan fingerprint density at radius 1 is 1.35 bits per heavy atom. The zero-order valence-corrected chi connectivity index (χ0v) is 10.5. The maximum absolute atomic E-state index is 12.7. The average Bonchev–Trinajstić information content (AvgIpc) is 2.32. The fourth-order valence-corrected chi connectivity index (χ4v) is 2.46. The molecule has 1 aliphatic rings. The van der Waals surface area contributed by atoms with Crippen molar-refractivity contribution in [2.75, 3.05) is 26.7 Å². The van der Waals surface area contributed by atoms with Crippen LogP contribution in [-0.4, -0.2) is 31.6 Å². The van der Waals surface area contributed by atoms with Crippen molar-refractivity contribution in [3.8, 4) is 0 Å². The number of nitrogens with one attached hydrogen (secondary N) is 1. The zero-order chi connectivity index (χ0) is 12.1. The van der Waals surface area contributed by atoms with E-state index < -0.39 is 0 Å². The van der Waals surface area contributed by atoms with Crippen LogP contribution in [0.2, 0.25) is 0 Å². The molecule has 0 amide bonds. The predicted molar refractivity (Wildman–Crippen MR) is 68.3 cm³/mol. The molecule has 2 rings (SSSR count). The minimum atomic E-state index is -0.164. The van der Waals surface area contributed by atoms with Gasteiger partial charge in [0.25, 0.3) is 0 Å². The number of piperidine rings is 1. The highest BCUT2D eigenvalue weighted by atomic mass is 19.1. The number of benzene rings is 1. The van der Waals surface area contributed by atoms with Crippen LogP contribution in [0.15, 0.2) is 24.3 Å². The molecular formula is C14H21FN2. The monoisotopic (exact) mass is 236 g/mol. The molecule has 0 saturated carbocycles. The first-order chi connectivity index (χ1) is 8.24. The van der Waals surface area contributed by atoms with Crippen molar-refractivity contribution in [2.45, 2.75) is 19.4 Å². The van der Waals surface area contributed by atoms with Gasteiger partial charge in [-0.2, -0.15) is 0 Å². The van der Waals surface area contributed by atoms with E-state index in [2.05, 4.69) is 17.3 Å². The van der Waals surface area contributed by atoms with Gasteiger partial charge in [0.1, 0.15) is 5.82 Å². The van der Waals surface area contributed by atoms with E-state index in [1.54, 1.807) is 0 Å². The van der Waals surface area contributed by atoms with Crippen LogP contribution < -0.4 is 5.32 Å². The van der Waals surface area contributed by atoms with Crippen molar-refractivity contribution in [1.29, 1.82) is 0 Å². The minimum Gasteiger partial charge on any atom is -0.312 e. The molecule has 0 bridgehead atoms. The van der Waals surface area contributed by atoms with E-state index >= 15 is 0 Å². The first-order valence-corrected chi connectivity index (χ1v) is 6.38. The third-order valence-corrected chi connectivity index (χ3v) is 3.40. The van der Waals surface area contributed by atoms with Gasteiger partial charge in [-0.15, -0.1) is 0 Å². The molecule has 1 aliphatic heterocycles. The summed E-state index contributed by atoms with van der Waals surface area (Å²) in [4.78, 5) is 2.40. The molecule has 1 heterocycles. The van der Waals surface area contributed by atoms with Gasteiger partial charge in [-0.25, -0.2) is 4.39 Å². The summed E-state index contributed by atoms with van der Waals surface area (Å²) in [7, 11) is 2.19. The molecule has 0 aliphatic carbocycles. The third-order valence-electron chi connectivity index (χ3n) is 3.40. The molecule has 17 heavy (non-hydrogen) atoms. The Labute approximate surface area is 103 Å². The Kier molecular flexibility index (Phi) is 4.51. The molecule has 1 N–H and O–H groups in total. The van der Waals surface area contributed by atoms with E-state index in [4.69, 9.17) is 0 Å². The zero-order valence-electron chi connectivity index (χ0n) is 10.5. The first kappa shape index (κ1) is 12.5. The van der Waals surface area contributed by atoms with Gasteiger partial charge in [-0.1, -0.05) is 12.1 Å². The van der Waals surface area contributed by atoms with Crippen molar-refractivity contribution >= 4 is 0 Å². The van der Waals surface area contributed by atoms with Gasteiger partial charge in [-0.05, 0) is 56.6 Å². The standard InChI is InChI=1S/C14H21FN2/c1-17-8-2-3-13(11-17)10-16-9-12-4-6-14(15)7-5-12/h4-7,13,16H,2-3,8-11H2,1H3. The number of halogens is 1. The van der Waals surface area contributed by atoms with Crippen LogP contribution >= 0.6 is 0 Å². The van der Waals surface area contributed by atoms with Gasteiger partial charge < -0.3 is 10.2 Å². The van der Waals surface area contributed by atoms with E-state index in [1.807, 2.05) is 12.1 Å². The SMILES string of the molecule is CN1CCCC(CNCc2ccc(F)cc2)C1. The highest BCUT2D eigenvalue weighted by Crippen LogP contribution is 2.14. The fourth-order valence-electron chi connectivity index (χ4n) is 2.46. The third kappa shape index (κ3) is 4.10. The number of nitrogens with zero attached hydrogens (tertiary/aromatic N) is 1. The largest absolute Gasteiger partial charge is 0.312 e. The summed E-state index contributed by atoms with van der Waals surface area (Å²) in [5.74, 6) is 0.594. The predicted octanol–water partition coefficient (Wildman–Crippen LogP) is 2.26. The molecule has 1 aromatic rings. The van der Waals surface area contributed by atoms with E-state index in [-0.39, 0.29) is 5.82 Å². The van der Waals surface area contributed by atoms with Crippen LogP contribution in [0.5, 0.6) is 0 Å². The number of likely N-dealkylation sites (tertiary alicyclic amines) is 1. The molecular weight excluding hydrogens is 215 g/mol. The second-order valence-corrected chi connectivity index (χ2v) is 5.03. The number of hydrogen-bond acceptors (Lipinski definition) is 2. The minimum absolute atomic E-state index is 0.164. The lowest BCUT2D eigenvalue weighted by molar-refractivity contribution is 0.206. The molecule has 94 valence electrons. The molecule has 2 nitrogen and oxygen atoms in total. The van der Waals surface area contributed by atoms with Gasteiger partial charge in [0.2, 0.25) is 0 Å². The summed E-state index contributed by atoms with van der Waals surface area (Å²) in [5.41, 5.74) is 1.15. The molecule has 3 heteroatoms. The van der Waals surface area contributed by atoms with Crippen molar-refractivity contribution in [3.63, 3.8) is 0 Å². The Morgan fingerprint density at radius 2 is 2.12 bits per heavy atom. The Morgan fingerprint density at radius 3 is 2.82 bits per heavy atom. The van der Waals surface area contributed by atoms with Crippen LogP contribution in [0, 0.1) is 11.7 Å². The van der Waals surface area contributed by atoms with E-state index in [0.717, 1.165) is 24.6 Å². The van der Waals surface area contributed by atoms with Crippen LogP contribution in [0.25, 0.3) is 0 Å². The molecule has 0 radical (unpaired) electrons. The summed E-state index contributed by atoms with van der Waals surface area (Å²) in [6.45, 7) is 4.31. The summed E-state index contributed by atoms with van der Waals surface area (Å²) in [6.07, 6.45) is 2.63. The summed E-state index contributed by atoms with van der Waals surface area (Å²) in [5, 5.41) is 3.46. The van der Waals surface area contributed by atoms with E-state index in [1.165, 1.54) is 38.1 Å². The van der Waals surface area contributed by atoms with Crippen LogP contribution in [0.4, 0.5) is 4.39 Å². The normalized spacial score (nSPS) is 21.6. The average molecular weight is 236 g/mol. The first-order valence-electron chi connectivity index (χ1n) is 6.38. The summed E-state index contributed by atoms with van der Waals surface area (Å²) < 4.78 is 12.7. The molecule has 1 unspecified atom stereocenters. The second-order valence-electron chi connectivity index (χ2n) is 5.03. The Hall–Kier alpha value is -0.930. The lowest BCUT2D eigenvalue weighted by Gasteiger charge is -2.29. The molecule has 1 aromatic carbocycles. The maximum atomic E-state index is 12.7. The molecule has 1 atom stereocenters. The molecule has 0 aromatic heterocycles. The maximum Gasteiger partial charge on any atom is 0.123 e. The van der Waals surface area contributed by atoms with Crippen molar-refractivity contribution in [3.05, 3.63) is 35.6 Å². The van der Waals surface area contributed by atoms with Crippen LogP contribution in [0.1, 0.15) is 18.4 Å². The lowest BCUT2D eigenvalue weighted by atomic mass is 9.98. The van der Waals surface area contributed by atoms with Gasteiger partial charge in [0.05, 0.1) is 0 Å². The number of hydrogen-bond donors (Lipinski definition) is 1. The topological polar surface area (TPSA) is 15.3 Å². The smallest absolute Gasteiger partial charge is 0.123 e. The fraction of sp³-hybridized carbons (Fsp3) is 0.571. The van der Waals surface area contributed by atoms with Crippen LogP contribution in [0.3, 0.4) is 0 Å². The van der Waals surface area contributed by atoms with Crippen molar-refractivity contribution in [1.82, 2.24) is 10.2 Å².